The molecule has 154 valence electrons. The molecule has 0 radical (unpaired) electrons. The molecule has 0 spiro atoms. The monoisotopic (exact) mass is 438 g/mol. The molecule has 1 amide bonds. The Morgan fingerprint density at radius 1 is 0.967 bits per heavy atom. The zero-order valence-corrected chi connectivity index (χ0v) is 18.2. The topological polar surface area (TPSA) is 72.2 Å². The number of thioether (sulfide) groups is 2. The van der Waals surface area contributed by atoms with Crippen LogP contribution in [0.4, 0.5) is 11.4 Å². The van der Waals surface area contributed by atoms with Crippen molar-refractivity contribution in [2.45, 2.75) is 23.3 Å². The van der Waals surface area contributed by atoms with Gasteiger partial charge >= 0.3 is 0 Å². The number of nitrogens with one attached hydrogen (secondary N) is 1. The molecule has 3 aromatic carbocycles. The number of nitro benzene ring substituents is 1. The Morgan fingerprint density at radius 3 is 2.33 bits per heavy atom. The maximum atomic E-state index is 12.3. The van der Waals surface area contributed by atoms with Crippen LogP contribution in [-0.2, 0) is 16.3 Å². The predicted molar refractivity (Wildman–Crippen MR) is 125 cm³/mol. The highest BCUT2D eigenvalue weighted by Crippen LogP contribution is 2.25. The van der Waals surface area contributed by atoms with Crippen molar-refractivity contribution in [3.05, 3.63) is 99.6 Å². The molecular weight excluding hydrogens is 416 g/mol. The lowest BCUT2D eigenvalue weighted by Crippen LogP contribution is -2.15. The van der Waals surface area contributed by atoms with E-state index in [0.717, 1.165) is 22.6 Å². The van der Waals surface area contributed by atoms with Gasteiger partial charge in [0.15, 0.2) is 0 Å². The number of non-ortho nitro benzene ring substituents is 1. The molecule has 5 nitrogen and oxygen atoms in total. The SMILES string of the molecule is Cc1cc(CSc2ccccc2)ccc1NC(=O)CSCc1ccc([N+](=O)[O-])cc1. The summed E-state index contributed by atoms with van der Waals surface area (Å²) in [5, 5.41) is 13.7. The second-order valence-corrected chi connectivity index (χ2v) is 8.75. The molecule has 0 aliphatic carbocycles. The third-order valence-electron chi connectivity index (χ3n) is 4.36. The molecule has 0 aliphatic rings. The third-order valence-corrected chi connectivity index (χ3v) is 6.45. The molecule has 30 heavy (non-hydrogen) atoms. The minimum absolute atomic E-state index is 0.0589. The van der Waals surface area contributed by atoms with E-state index in [-0.39, 0.29) is 11.6 Å². The minimum Gasteiger partial charge on any atom is -0.325 e. The Balaban J connectivity index is 1.45. The van der Waals surface area contributed by atoms with Gasteiger partial charge in [0.1, 0.15) is 0 Å². The summed E-state index contributed by atoms with van der Waals surface area (Å²) >= 11 is 3.26. The Bertz CT molecular complexity index is 1010. The van der Waals surface area contributed by atoms with E-state index in [1.165, 1.54) is 34.4 Å². The van der Waals surface area contributed by atoms with Crippen molar-refractivity contribution in [1.29, 1.82) is 0 Å². The van der Waals surface area contributed by atoms with Gasteiger partial charge in [-0.05, 0) is 41.8 Å². The second-order valence-electron chi connectivity index (χ2n) is 6.72. The van der Waals surface area contributed by atoms with E-state index in [1.54, 1.807) is 23.9 Å². The number of nitro groups is 1. The van der Waals surface area contributed by atoms with E-state index < -0.39 is 4.92 Å². The van der Waals surface area contributed by atoms with Gasteiger partial charge < -0.3 is 5.32 Å². The van der Waals surface area contributed by atoms with Gasteiger partial charge in [-0.2, -0.15) is 0 Å². The lowest BCUT2D eigenvalue weighted by Gasteiger charge is -2.10. The third kappa shape index (κ3) is 6.64. The highest BCUT2D eigenvalue weighted by atomic mass is 32.2. The quantitative estimate of drug-likeness (QED) is 0.249. The van der Waals surface area contributed by atoms with Gasteiger partial charge in [-0.1, -0.05) is 42.5 Å². The smallest absolute Gasteiger partial charge is 0.269 e. The van der Waals surface area contributed by atoms with Crippen molar-refractivity contribution in [1.82, 2.24) is 0 Å². The Kier molecular flexibility index (Phi) is 7.93. The van der Waals surface area contributed by atoms with Crippen molar-refractivity contribution in [3.8, 4) is 0 Å². The van der Waals surface area contributed by atoms with Crippen LogP contribution < -0.4 is 5.32 Å². The van der Waals surface area contributed by atoms with E-state index in [1.807, 2.05) is 37.3 Å². The van der Waals surface area contributed by atoms with E-state index in [9.17, 15) is 14.9 Å². The predicted octanol–water partition coefficient (Wildman–Crippen LogP) is 6.07. The van der Waals surface area contributed by atoms with Crippen molar-refractivity contribution >= 4 is 40.8 Å². The highest BCUT2D eigenvalue weighted by Gasteiger charge is 2.08. The number of aryl methyl sites for hydroxylation is 1. The van der Waals surface area contributed by atoms with Crippen LogP contribution in [0.2, 0.25) is 0 Å². The molecule has 0 aromatic heterocycles. The number of carbonyl (C=O) groups excluding carboxylic acids is 1. The number of rotatable bonds is 9. The minimum atomic E-state index is -0.418. The summed E-state index contributed by atoms with van der Waals surface area (Å²) in [5.41, 5.74) is 4.10. The first-order chi connectivity index (χ1) is 14.5. The average molecular weight is 439 g/mol. The van der Waals surface area contributed by atoms with E-state index in [2.05, 4.69) is 23.5 Å². The largest absolute Gasteiger partial charge is 0.325 e. The van der Waals surface area contributed by atoms with Crippen LogP contribution in [0.25, 0.3) is 0 Å². The molecule has 7 heteroatoms. The number of hydrogen-bond acceptors (Lipinski definition) is 5. The molecule has 0 heterocycles. The van der Waals surface area contributed by atoms with Crippen molar-refractivity contribution in [3.63, 3.8) is 0 Å². The Morgan fingerprint density at radius 2 is 1.67 bits per heavy atom. The maximum absolute atomic E-state index is 12.3. The fourth-order valence-corrected chi connectivity index (χ4v) is 4.45. The number of amides is 1. The summed E-state index contributed by atoms with van der Waals surface area (Å²) in [6.07, 6.45) is 0. The number of hydrogen-bond donors (Lipinski definition) is 1. The van der Waals surface area contributed by atoms with Crippen LogP contribution in [0.5, 0.6) is 0 Å². The normalized spacial score (nSPS) is 10.6. The summed E-state index contributed by atoms with van der Waals surface area (Å²) in [5.74, 6) is 1.77. The second kappa shape index (κ2) is 10.8. The van der Waals surface area contributed by atoms with Gasteiger partial charge in [-0.15, -0.1) is 23.5 Å². The molecule has 0 saturated carbocycles. The van der Waals surface area contributed by atoms with Gasteiger partial charge in [-0.3, -0.25) is 14.9 Å². The van der Waals surface area contributed by atoms with Crippen LogP contribution in [0, 0.1) is 17.0 Å². The average Bonchev–Trinajstić information content (AvgIpc) is 2.75. The van der Waals surface area contributed by atoms with Gasteiger partial charge in [-0.25, -0.2) is 0 Å². The van der Waals surface area contributed by atoms with Gasteiger partial charge in [0.25, 0.3) is 5.69 Å². The molecule has 0 bridgehead atoms. The van der Waals surface area contributed by atoms with E-state index in [4.69, 9.17) is 0 Å². The lowest BCUT2D eigenvalue weighted by molar-refractivity contribution is -0.384. The molecule has 0 atom stereocenters. The highest BCUT2D eigenvalue weighted by molar-refractivity contribution is 7.99. The molecule has 0 aliphatic heterocycles. The Labute approximate surface area is 184 Å². The van der Waals surface area contributed by atoms with Crippen molar-refractivity contribution < 1.29 is 9.72 Å². The summed E-state index contributed by atoms with van der Waals surface area (Å²) in [6.45, 7) is 2.00. The summed E-state index contributed by atoms with van der Waals surface area (Å²) in [4.78, 5) is 23.8. The van der Waals surface area contributed by atoms with E-state index in [0.29, 0.717) is 11.5 Å². The van der Waals surface area contributed by atoms with Gasteiger partial charge in [0, 0.05) is 34.2 Å². The van der Waals surface area contributed by atoms with Crippen molar-refractivity contribution in [2.24, 2.45) is 0 Å². The van der Waals surface area contributed by atoms with Gasteiger partial charge in [0.05, 0.1) is 10.7 Å². The molecular formula is C23H22N2O3S2. The maximum Gasteiger partial charge on any atom is 0.269 e. The molecule has 3 aromatic rings. The summed E-state index contributed by atoms with van der Waals surface area (Å²) in [6, 6.07) is 22.8. The van der Waals surface area contributed by atoms with E-state index >= 15 is 0 Å². The first kappa shape index (κ1) is 21.9. The zero-order valence-electron chi connectivity index (χ0n) is 16.5. The lowest BCUT2D eigenvalue weighted by atomic mass is 10.1. The van der Waals surface area contributed by atoms with Crippen LogP contribution in [0.3, 0.4) is 0 Å². The standard InChI is InChI=1S/C23H22N2O3S2/c1-17-13-19(15-30-21-5-3-2-4-6-21)9-12-22(17)24-23(26)16-29-14-18-7-10-20(11-8-18)25(27)28/h2-13H,14-16H2,1H3,(H,24,26). The van der Waals surface area contributed by atoms with Crippen LogP contribution >= 0.6 is 23.5 Å². The van der Waals surface area contributed by atoms with Gasteiger partial charge in [0.2, 0.25) is 5.91 Å². The molecule has 3 rings (SSSR count). The molecule has 0 fully saturated rings. The fraction of sp³-hybridized carbons (Fsp3) is 0.174. The van der Waals surface area contributed by atoms with Crippen LogP contribution in [0.15, 0.2) is 77.7 Å². The number of anilines is 1. The molecule has 0 saturated heterocycles. The summed E-state index contributed by atoms with van der Waals surface area (Å²) in [7, 11) is 0. The number of nitrogens with zero attached hydrogens (tertiary/aromatic N) is 1. The first-order valence-corrected chi connectivity index (χ1v) is 11.5. The Hall–Kier alpha value is -2.77. The fourth-order valence-electron chi connectivity index (χ4n) is 2.80. The number of carbonyl (C=O) groups is 1. The summed E-state index contributed by atoms with van der Waals surface area (Å²) < 4.78 is 0. The van der Waals surface area contributed by atoms with Crippen LogP contribution in [-0.4, -0.2) is 16.6 Å². The van der Waals surface area contributed by atoms with Crippen LogP contribution in [0.1, 0.15) is 16.7 Å². The zero-order chi connectivity index (χ0) is 21.3. The first-order valence-electron chi connectivity index (χ1n) is 9.39. The molecule has 1 N–H and O–H groups in total. The van der Waals surface area contributed by atoms with Crippen molar-refractivity contribution in [2.75, 3.05) is 11.1 Å². The number of benzene rings is 3. The molecule has 0 unspecified atom stereocenters.